The van der Waals surface area contributed by atoms with Crippen molar-refractivity contribution in [3.63, 3.8) is 0 Å². The number of nitrogens with zero attached hydrogens (tertiary/aromatic N) is 1. The fraction of sp³-hybridized carbons (Fsp3) is 0.348. The van der Waals surface area contributed by atoms with Gasteiger partial charge < -0.3 is 14.5 Å². The zero-order chi connectivity index (χ0) is 19.7. The first-order chi connectivity index (χ1) is 13.6. The summed E-state index contributed by atoms with van der Waals surface area (Å²) < 4.78 is 11.3. The summed E-state index contributed by atoms with van der Waals surface area (Å²) in [6, 6.07) is 16.5. The van der Waals surface area contributed by atoms with Gasteiger partial charge in [0.05, 0.1) is 7.11 Å². The molecule has 0 spiro atoms. The number of benzene rings is 2. The summed E-state index contributed by atoms with van der Waals surface area (Å²) in [6.45, 7) is 2.72. The Morgan fingerprint density at radius 2 is 2.00 bits per heavy atom. The lowest BCUT2D eigenvalue weighted by atomic mass is 10.0. The number of ether oxygens (including phenoxy) is 1. The fourth-order valence-corrected chi connectivity index (χ4v) is 3.56. The standard InChI is InChI=1S/C23H26N2O3/c1-15(25(2)17-9-10-17)14-24-23(26)22-21(16-7-5-4-6-8-16)19-12-11-18(27-3)13-20(19)28-22/h4-8,11-13,15,17H,9-10,14H2,1-3H3,(H,24,26). The normalized spacial score (nSPS) is 15.0. The van der Waals surface area contributed by atoms with Crippen molar-refractivity contribution >= 4 is 16.9 Å². The van der Waals surface area contributed by atoms with Crippen molar-refractivity contribution in [2.45, 2.75) is 31.8 Å². The second kappa shape index (κ2) is 7.68. The molecular weight excluding hydrogens is 352 g/mol. The smallest absolute Gasteiger partial charge is 0.287 e. The molecule has 1 aliphatic carbocycles. The number of likely N-dealkylation sites (N-methyl/N-ethyl adjacent to an activating group) is 1. The van der Waals surface area contributed by atoms with E-state index in [2.05, 4.69) is 24.2 Å². The van der Waals surface area contributed by atoms with Crippen LogP contribution in [0.3, 0.4) is 0 Å². The molecule has 1 aromatic heterocycles. The lowest BCUT2D eigenvalue weighted by Gasteiger charge is -2.24. The van der Waals surface area contributed by atoms with E-state index in [0.29, 0.717) is 29.7 Å². The molecular formula is C23H26N2O3. The van der Waals surface area contributed by atoms with E-state index in [9.17, 15) is 4.79 Å². The molecule has 5 nitrogen and oxygen atoms in total. The molecule has 1 saturated carbocycles. The number of methoxy groups -OCH3 is 1. The Morgan fingerprint density at radius 1 is 1.25 bits per heavy atom. The number of hydrogen-bond donors (Lipinski definition) is 1. The summed E-state index contributed by atoms with van der Waals surface area (Å²) in [5.41, 5.74) is 2.42. The molecule has 1 fully saturated rings. The highest BCUT2D eigenvalue weighted by atomic mass is 16.5. The number of carbonyl (C=O) groups excluding carboxylic acids is 1. The molecule has 0 aliphatic heterocycles. The van der Waals surface area contributed by atoms with Gasteiger partial charge in [-0.3, -0.25) is 9.69 Å². The molecule has 1 aliphatic rings. The second-order valence-corrected chi connectivity index (χ2v) is 7.49. The summed E-state index contributed by atoms with van der Waals surface area (Å²) >= 11 is 0. The van der Waals surface area contributed by atoms with Crippen LogP contribution in [-0.2, 0) is 0 Å². The summed E-state index contributed by atoms with van der Waals surface area (Å²) in [7, 11) is 3.74. The number of hydrogen-bond acceptors (Lipinski definition) is 4. The van der Waals surface area contributed by atoms with E-state index in [-0.39, 0.29) is 11.9 Å². The van der Waals surface area contributed by atoms with Gasteiger partial charge in [0.15, 0.2) is 0 Å². The number of fused-ring (bicyclic) bond motifs is 1. The molecule has 28 heavy (non-hydrogen) atoms. The lowest BCUT2D eigenvalue weighted by molar-refractivity contribution is 0.0915. The minimum atomic E-state index is -0.190. The van der Waals surface area contributed by atoms with E-state index >= 15 is 0 Å². The van der Waals surface area contributed by atoms with Crippen LogP contribution in [0.5, 0.6) is 5.75 Å². The van der Waals surface area contributed by atoms with Gasteiger partial charge in [-0.05, 0) is 44.5 Å². The van der Waals surface area contributed by atoms with Gasteiger partial charge in [-0.2, -0.15) is 0 Å². The maximum absolute atomic E-state index is 13.0. The topological polar surface area (TPSA) is 54.7 Å². The number of amides is 1. The first-order valence-corrected chi connectivity index (χ1v) is 9.74. The van der Waals surface area contributed by atoms with Crippen LogP contribution in [0.15, 0.2) is 52.9 Å². The van der Waals surface area contributed by atoms with E-state index in [1.54, 1.807) is 7.11 Å². The van der Waals surface area contributed by atoms with Crippen molar-refractivity contribution in [3.05, 3.63) is 54.3 Å². The fourth-order valence-electron chi connectivity index (χ4n) is 3.56. The van der Waals surface area contributed by atoms with Crippen LogP contribution < -0.4 is 10.1 Å². The lowest BCUT2D eigenvalue weighted by Crippen LogP contribution is -2.41. The van der Waals surface area contributed by atoms with Crippen molar-refractivity contribution in [2.75, 3.05) is 20.7 Å². The van der Waals surface area contributed by atoms with Gasteiger partial charge in [-0.15, -0.1) is 0 Å². The largest absolute Gasteiger partial charge is 0.497 e. The predicted octanol–water partition coefficient (Wildman–Crippen LogP) is 4.32. The highest BCUT2D eigenvalue weighted by Gasteiger charge is 2.29. The Bertz CT molecular complexity index is 976. The number of furan rings is 1. The van der Waals surface area contributed by atoms with Crippen molar-refractivity contribution in [1.29, 1.82) is 0 Å². The van der Waals surface area contributed by atoms with Crippen LogP contribution >= 0.6 is 0 Å². The average molecular weight is 378 g/mol. The van der Waals surface area contributed by atoms with E-state index in [4.69, 9.17) is 9.15 Å². The quantitative estimate of drug-likeness (QED) is 0.665. The Morgan fingerprint density at radius 3 is 2.68 bits per heavy atom. The Kier molecular flexibility index (Phi) is 5.09. The van der Waals surface area contributed by atoms with E-state index in [1.807, 2.05) is 48.5 Å². The van der Waals surface area contributed by atoms with Crippen LogP contribution in [-0.4, -0.2) is 43.6 Å². The summed E-state index contributed by atoms with van der Waals surface area (Å²) in [5.74, 6) is 0.855. The Labute approximate surface area is 165 Å². The second-order valence-electron chi connectivity index (χ2n) is 7.49. The molecule has 3 aromatic rings. The maximum atomic E-state index is 13.0. The summed E-state index contributed by atoms with van der Waals surface area (Å²) in [6.07, 6.45) is 2.50. The first kappa shape index (κ1) is 18.6. The highest BCUT2D eigenvalue weighted by Crippen LogP contribution is 2.36. The molecule has 1 heterocycles. The van der Waals surface area contributed by atoms with Gasteiger partial charge in [0.1, 0.15) is 11.3 Å². The minimum absolute atomic E-state index is 0.190. The van der Waals surface area contributed by atoms with Crippen LogP contribution in [0.4, 0.5) is 0 Å². The molecule has 2 aromatic carbocycles. The van der Waals surface area contributed by atoms with Gasteiger partial charge >= 0.3 is 0 Å². The number of nitrogens with one attached hydrogen (secondary N) is 1. The molecule has 146 valence electrons. The number of carbonyl (C=O) groups is 1. The number of rotatable bonds is 7. The maximum Gasteiger partial charge on any atom is 0.287 e. The average Bonchev–Trinajstić information content (AvgIpc) is 3.51. The molecule has 0 radical (unpaired) electrons. The van der Waals surface area contributed by atoms with Crippen molar-refractivity contribution < 1.29 is 13.9 Å². The Balaban J connectivity index is 1.65. The van der Waals surface area contributed by atoms with Crippen LogP contribution in [0.1, 0.15) is 30.3 Å². The van der Waals surface area contributed by atoms with Crippen molar-refractivity contribution in [1.82, 2.24) is 10.2 Å². The third kappa shape index (κ3) is 3.62. The van der Waals surface area contributed by atoms with Gasteiger partial charge in [-0.1, -0.05) is 30.3 Å². The van der Waals surface area contributed by atoms with Crippen LogP contribution in [0, 0.1) is 0 Å². The van der Waals surface area contributed by atoms with E-state index < -0.39 is 0 Å². The van der Waals surface area contributed by atoms with Gasteiger partial charge in [0, 0.05) is 35.6 Å². The van der Waals surface area contributed by atoms with Gasteiger partial charge in [0.2, 0.25) is 5.76 Å². The van der Waals surface area contributed by atoms with Crippen LogP contribution in [0.25, 0.3) is 22.1 Å². The zero-order valence-corrected chi connectivity index (χ0v) is 16.6. The third-order valence-corrected chi connectivity index (χ3v) is 5.54. The zero-order valence-electron chi connectivity index (χ0n) is 16.6. The molecule has 0 bridgehead atoms. The van der Waals surface area contributed by atoms with E-state index in [0.717, 1.165) is 16.5 Å². The molecule has 1 unspecified atom stereocenters. The van der Waals surface area contributed by atoms with Crippen LogP contribution in [0.2, 0.25) is 0 Å². The first-order valence-electron chi connectivity index (χ1n) is 9.74. The van der Waals surface area contributed by atoms with Crippen molar-refractivity contribution in [3.8, 4) is 16.9 Å². The highest BCUT2D eigenvalue weighted by molar-refractivity contribution is 6.08. The minimum Gasteiger partial charge on any atom is -0.497 e. The monoisotopic (exact) mass is 378 g/mol. The molecule has 1 atom stereocenters. The molecule has 1 N–H and O–H groups in total. The van der Waals surface area contributed by atoms with Gasteiger partial charge in [-0.25, -0.2) is 0 Å². The summed E-state index contributed by atoms with van der Waals surface area (Å²) in [4.78, 5) is 15.4. The van der Waals surface area contributed by atoms with Gasteiger partial charge in [0.25, 0.3) is 5.91 Å². The Hall–Kier alpha value is -2.79. The third-order valence-electron chi connectivity index (χ3n) is 5.54. The molecule has 4 rings (SSSR count). The summed E-state index contributed by atoms with van der Waals surface area (Å²) in [5, 5.41) is 3.96. The van der Waals surface area contributed by atoms with E-state index in [1.165, 1.54) is 12.8 Å². The SMILES string of the molecule is COc1ccc2c(-c3ccccc3)c(C(=O)NCC(C)N(C)C3CC3)oc2c1. The molecule has 1 amide bonds. The molecule has 0 saturated heterocycles. The molecule has 5 heteroatoms. The van der Waals surface area contributed by atoms with Crippen molar-refractivity contribution in [2.24, 2.45) is 0 Å². The predicted molar refractivity (Wildman–Crippen MR) is 111 cm³/mol.